The minimum absolute atomic E-state index is 0.0550. The summed E-state index contributed by atoms with van der Waals surface area (Å²) in [6.45, 7) is 0. The number of halogens is 1. The molecule has 4 nitrogen and oxygen atoms in total. The van der Waals surface area contributed by atoms with Crippen molar-refractivity contribution in [1.29, 1.82) is 0 Å². The third kappa shape index (κ3) is 4.28. The van der Waals surface area contributed by atoms with Crippen molar-refractivity contribution in [2.75, 3.05) is 0 Å². The van der Waals surface area contributed by atoms with Crippen LogP contribution in [0.4, 0.5) is 0 Å². The summed E-state index contributed by atoms with van der Waals surface area (Å²) in [4.78, 5) is 6.04. The van der Waals surface area contributed by atoms with Crippen LogP contribution in [0.25, 0.3) is 11.3 Å². The number of benzene rings is 3. The quantitative estimate of drug-likeness (QED) is 0.362. The summed E-state index contributed by atoms with van der Waals surface area (Å²) in [6, 6.07) is 31.9. The number of hydroxylamine groups is 2. The molecule has 3 aromatic carbocycles. The first kappa shape index (κ1) is 20.4. The molecule has 0 bridgehead atoms. The average Bonchev–Trinajstić information content (AvgIpc) is 3.46. The smallest absolute Gasteiger partial charge is 0.207 e. The maximum absolute atomic E-state index is 6.24. The summed E-state index contributed by atoms with van der Waals surface area (Å²) >= 11 is 6.16. The number of hydrogen-bond acceptors (Lipinski definition) is 4. The Bertz CT molecular complexity index is 1220. The number of nitrogens with two attached hydrogens (primary N) is 1. The molecule has 1 aliphatic heterocycles. The van der Waals surface area contributed by atoms with Crippen molar-refractivity contribution in [1.82, 2.24) is 5.06 Å². The molecular formula is C27H23ClN2O2. The van der Waals surface area contributed by atoms with Crippen molar-refractivity contribution in [2.24, 2.45) is 5.73 Å². The van der Waals surface area contributed by atoms with Crippen molar-refractivity contribution in [3.8, 4) is 11.3 Å². The summed E-state index contributed by atoms with van der Waals surface area (Å²) in [7, 11) is 0. The fourth-order valence-electron chi connectivity index (χ4n) is 4.08. The molecule has 0 aliphatic carbocycles. The van der Waals surface area contributed by atoms with E-state index in [4.69, 9.17) is 26.6 Å². The van der Waals surface area contributed by atoms with Gasteiger partial charge in [-0.05, 0) is 41.8 Å². The van der Waals surface area contributed by atoms with Crippen LogP contribution in [0.1, 0.15) is 29.0 Å². The van der Waals surface area contributed by atoms with E-state index in [0.29, 0.717) is 10.9 Å². The van der Waals surface area contributed by atoms with Crippen molar-refractivity contribution >= 4 is 11.6 Å². The highest BCUT2D eigenvalue weighted by molar-refractivity contribution is 6.30. The molecule has 5 rings (SSSR count). The Labute approximate surface area is 192 Å². The molecule has 0 amide bonds. The van der Waals surface area contributed by atoms with Gasteiger partial charge in [-0.1, -0.05) is 84.4 Å². The van der Waals surface area contributed by atoms with E-state index < -0.39 is 0 Å². The van der Waals surface area contributed by atoms with Gasteiger partial charge in [-0.15, -0.1) is 5.06 Å². The van der Waals surface area contributed by atoms with Gasteiger partial charge in [0.25, 0.3) is 0 Å². The Kier molecular flexibility index (Phi) is 5.71. The first-order valence-corrected chi connectivity index (χ1v) is 10.9. The summed E-state index contributed by atoms with van der Waals surface area (Å²) in [5.41, 5.74) is 9.42. The molecule has 0 fully saturated rings. The third-order valence-corrected chi connectivity index (χ3v) is 5.83. The van der Waals surface area contributed by atoms with E-state index in [2.05, 4.69) is 36.4 Å². The molecule has 0 saturated heterocycles. The Morgan fingerprint density at radius 2 is 1.62 bits per heavy atom. The van der Waals surface area contributed by atoms with E-state index in [9.17, 15) is 0 Å². The average molecular weight is 443 g/mol. The van der Waals surface area contributed by atoms with Crippen LogP contribution in [0.15, 0.2) is 113 Å². The van der Waals surface area contributed by atoms with Crippen LogP contribution in [0, 0.1) is 0 Å². The molecule has 2 heterocycles. The van der Waals surface area contributed by atoms with E-state index >= 15 is 0 Å². The Balaban J connectivity index is 1.49. The lowest BCUT2D eigenvalue weighted by molar-refractivity contribution is -0.157. The van der Waals surface area contributed by atoms with Gasteiger partial charge in [0.05, 0.1) is 6.04 Å². The first-order valence-electron chi connectivity index (χ1n) is 10.6. The number of furan rings is 1. The van der Waals surface area contributed by atoms with Crippen LogP contribution in [-0.2, 0) is 11.3 Å². The monoisotopic (exact) mass is 442 g/mol. The van der Waals surface area contributed by atoms with E-state index in [0.717, 1.165) is 29.1 Å². The van der Waals surface area contributed by atoms with E-state index in [1.54, 1.807) is 0 Å². The fraction of sp³-hybridized carbons (Fsp3) is 0.111. The van der Waals surface area contributed by atoms with E-state index in [1.807, 2.05) is 71.8 Å². The summed E-state index contributed by atoms with van der Waals surface area (Å²) < 4.78 is 6.24. The SMILES string of the molecule is NC1=CC(c2ccc(-c3cccc(Cl)c3)o2)N(C(Cc2ccccc2)c2ccccc2)O1. The second-order valence-corrected chi connectivity index (χ2v) is 8.23. The molecule has 4 aromatic rings. The third-order valence-electron chi connectivity index (χ3n) is 5.60. The molecule has 2 N–H and O–H groups in total. The largest absolute Gasteiger partial charge is 0.459 e. The fourth-order valence-corrected chi connectivity index (χ4v) is 4.27. The lowest BCUT2D eigenvalue weighted by atomic mass is 9.97. The predicted octanol–water partition coefficient (Wildman–Crippen LogP) is 6.67. The molecule has 0 radical (unpaired) electrons. The van der Waals surface area contributed by atoms with E-state index in [1.165, 1.54) is 5.56 Å². The Morgan fingerprint density at radius 3 is 2.38 bits per heavy atom. The van der Waals surface area contributed by atoms with Gasteiger partial charge in [0, 0.05) is 16.7 Å². The van der Waals surface area contributed by atoms with Crippen molar-refractivity contribution in [2.45, 2.75) is 18.5 Å². The van der Waals surface area contributed by atoms with Gasteiger partial charge in [0.2, 0.25) is 5.88 Å². The first-order chi connectivity index (χ1) is 15.7. The zero-order valence-corrected chi connectivity index (χ0v) is 18.2. The zero-order chi connectivity index (χ0) is 21.9. The topological polar surface area (TPSA) is 51.6 Å². The van der Waals surface area contributed by atoms with Crippen LogP contribution in [0.2, 0.25) is 5.02 Å². The van der Waals surface area contributed by atoms with Gasteiger partial charge in [0.1, 0.15) is 17.6 Å². The van der Waals surface area contributed by atoms with Crippen LogP contribution >= 0.6 is 11.6 Å². The highest BCUT2D eigenvalue weighted by Crippen LogP contribution is 2.40. The van der Waals surface area contributed by atoms with Gasteiger partial charge in [-0.3, -0.25) is 0 Å². The van der Waals surface area contributed by atoms with Crippen LogP contribution in [0.5, 0.6) is 0 Å². The second-order valence-electron chi connectivity index (χ2n) is 7.79. The summed E-state index contributed by atoms with van der Waals surface area (Å²) in [5, 5.41) is 2.60. The molecule has 1 aromatic heterocycles. The van der Waals surface area contributed by atoms with Gasteiger partial charge in [-0.25, -0.2) is 0 Å². The molecule has 160 valence electrons. The zero-order valence-electron chi connectivity index (χ0n) is 17.4. The maximum atomic E-state index is 6.24. The van der Waals surface area contributed by atoms with Gasteiger partial charge < -0.3 is 15.0 Å². The Hall–Kier alpha value is -3.47. The van der Waals surface area contributed by atoms with Gasteiger partial charge in [0.15, 0.2) is 0 Å². The molecule has 1 aliphatic rings. The molecule has 2 atom stereocenters. The highest BCUT2D eigenvalue weighted by atomic mass is 35.5. The van der Waals surface area contributed by atoms with E-state index in [-0.39, 0.29) is 12.1 Å². The molecule has 5 heteroatoms. The number of rotatable bonds is 6. The molecular weight excluding hydrogens is 420 g/mol. The minimum Gasteiger partial charge on any atom is -0.459 e. The lowest BCUT2D eigenvalue weighted by Crippen LogP contribution is -2.30. The summed E-state index contributed by atoms with van der Waals surface area (Å²) in [5.74, 6) is 1.87. The molecule has 0 spiro atoms. The van der Waals surface area contributed by atoms with Crippen LogP contribution in [0.3, 0.4) is 0 Å². The minimum atomic E-state index is -0.253. The van der Waals surface area contributed by atoms with Gasteiger partial charge >= 0.3 is 0 Å². The van der Waals surface area contributed by atoms with Crippen molar-refractivity contribution in [3.05, 3.63) is 131 Å². The van der Waals surface area contributed by atoms with Crippen LogP contribution < -0.4 is 5.73 Å². The molecule has 0 saturated carbocycles. The van der Waals surface area contributed by atoms with Crippen molar-refractivity contribution in [3.63, 3.8) is 0 Å². The number of nitrogens with zero attached hydrogens (tertiary/aromatic N) is 1. The molecule has 2 unspecified atom stereocenters. The Morgan fingerprint density at radius 1 is 0.875 bits per heavy atom. The van der Waals surface area contributed by atoms with Crippen LogP contribution in [-0.4, -0.2) is 5.06 Å². The predicted molar refractivity (Wildman–Crippen MR) is 126 cm³/mol. The maximum Gasteiger partial charge on any atom is 0.207 e. The molecule has 32 heavy (non-hydrogen) atoms. The normalized spacial score (nSPS) is 17.0. The lowest BCUT2D eigenvalue weighted by Gasteiger charge is -2.31. The second kappa shape index (κ2) is 8.95. The van der Waals surface area contributed by atoms with Gasteiger partial charge in [-0.2, -0.15) is 0 Å². The number of hydrogen-bond donors (Lipinski definition) is 1. The highest BCUT2D eigenvalue weighted by Gasteiger charge is 2.36. The standard InChI is InChI=1S/C27H23ClN2O2/c28-22-13-7-12-21(17-22)25-14-15-26(31-25)24-18-27(29)32-30(24)23(20-10-5-2-6-11-20)16-19-8-3-1-4-9-19/h1-15,17-18,23-24H,16,29H2. The van der Waals surface area contributed by atoms with Crippen molar-refractivity contribution < 1.29 is 9.25 Å². The summed E-state index contributed by atoms with van der Waals surface area (Å²) in [6.07, 6.45) is 2.66.